The van der Waals surface area contributed by atoms with Crippen LogP contribution in [0.2, 0.25) is 0 Å². The van der Waals surface area contributed by atoms with Gasteiger partial charge in [0.1, 0.15) is 17.2 Å². The second kappa shape index (κ2) is 10.9. The molecule has 0 unspecified atom stereocenters. The van der Waals surface area contributed by atoms with Crippen LogP contribution in [-0.4, -0.2) is 62.7 Å². The SMILES string of the molecule is Cn1cc(-c2ccc3cc(C(=O)NCc4ccccc4F)n(C)c3n2)cn1.O=CN1CCNCC1. The van der Waals surface area contributed by atoms with E-state index in [1.54, 1.807) is 51.7 Å². The quantitative estimate of drug-likeness (QED) is 0.429. The van der Waals surface area contributed by atoms with Crippen LogP contribution in [0.15, 0.2) is 54.9 Å². The molecule has 0 radical (unpaired) electrons. The number of nitrogens with zero attached hydrogens (tertiary/aromatic N) is 5. The minimum Gasteiger partial charge on any atom is -0.347 e. The van der Waals surface area contributed by atoms with E-state index in [2.05, 4.69) is 20.7 Å². The van der Waals surface area contributed by atoms with Gasteiger partial charge in [0.25, 0.3) is 5.91 Å². The fraction of sp³-hybridized carbons (Fsp3) is 0.280. The molecule has 4 aromatic rings. The predicted octanol–water partition coefficient (Wildman–Crippen LogP) is 2.09. The van der Waals surface area contributed by atoms with E-state index >= 15 is 0 Å². The Morgan fingerprint density at radius 1 is 1.17 bits per heavy atom. The maximum absolute atomic E-state index is 13.7. The first kappa shape index (κ1) is 24.1. The third kappa shape index (κ3) is 5.72. The average Bonchev–Trinajstić information content (AvgIpc) is 3.47. The van der Waals surface area contributed by atoms with E-state index in [-0.39, 0.29) is 18.3 Å². The second-order valence-corrected chi connectivity index (χ2v) is 8.27. The van der Waals surface area contributed by atoms with Gasteiger partial charge in [0, 0.05) is 69.5 Å². The number of amides is 2. The number of halogens is 1. The lowest BCUT2D eigenvalue weighted by molar-refractivity contribution is -0.118. The number of hydrogen-bond donors (Lipinski definition) is 2. The summed E-state index contributed by atoms with van der Waals surface area (Å²) in [6, 6.07) is 12.0. The van der Waals surface area contributed by atoms with Crippen LogP contribution in [0.4, 0.5) is 4.39 Å². The number of pyridine rings is 1. The lowest BCUT2D eigenvalue weighted by Gasteiger charge is -2.22. The van der Waals surface area contributed by atoms with Crippen molar-refractivity contribution in [3.8, 4) is 11.3 Å². The Bertz CT molecular complexity index is 1320. The molecule has 1 aliphatic rings. The highest BCUT2D eigenvalue weighted by Crippen LogP contribution is 2.23. The molecule has 10 heteroatoms. The Labute approximate surface area is 202 Å². The van der Waals surface area contributed by atoms with Gasteiger partial charge in [-0.15, -0.1) is 0 Å². The Kier molecular flexibility index (Phi) is 7.51. The van der Waals surface area contributed by atoms with Crippen molar-refractivity contribution < 1.29 is 14.0 Å². The molecule has 0 bridgehead atoms. The third-order valence-electron chi connectivity index (χ3n) is 5.81. The van der Waals surface area contributed by atoms with E-state index < -0.39 is 0 Å². The maximum Gasteiger partial charge on any atom is 0.268 e. The van der Waals surface area contributed by atoms with E-state index in [1.807, 2.05) is 25.4 Å². The van der Waals surface area contributed by atoms with Gasteiger partial charge in [-0.3, -0.25) is 14.3 Å². The van der Waals surface area contributed by atoms with E-state index in [0.29, 0.717) is 16.9 Å². The fourth-order valence-electron chi connectivity index (χ4n) is 3.83. The van der Waals surface area contributed by atoms with Crippen molar-refractivity contribution in [1.82, 2.24) is 34.9 Å². The van der Waals surface area contributed by atoms with Gasteiger partial charge in [0.05, 0.1) is 11.9 Å². The topological polar surface area (TPSA) is 97.1 Å². The number of aromatic nitrogens is 4. The minimum absolute atomic E-state index is 0.126. The van der Waals surface area contributed by atoms with Crippen LogP contribution in [0, 0.1) is 5.82 Å². The number of hydrogen-bond acceptors (Lipinski definition) is 5. The van der Waals surface area contributed by atoms with Gasteiger partial charge in [-0.25, -0.2) is 9.37 Å². The zero-order valence-corrected chi connectivity index (χ0v) is 19.7. The molecule has 4 heterocycles. The Morgan fingerprint density at radius 2 is 1.94 bits per heavy atom. The molecule has 1 fully saturated rings. The number of rotatable bonds is 5. The molecule has 3 aromatic heterocycles. The highest BCUT2D eigenvalue weighted by molar-refractivity contribution is 5.98. The summed E-state index contributed by atoms with van der Waals surface area (Å²) in [5.41, 5.74) is 3.31. The maximum atomic E-state index is 13.7. The van der Waals surface area contributed by atoms with Crippen molar-refractivity contribution in [1.29, 1.82) is 0 Å². The Hall–Kier alpha value is -4.05. The number of carbonyl (C=O) groups excluding carboxylic acids is 2. The molecular formula is C25H28FN7O2. The van der Waals surface area contributed by atoms with Crippen molar-refractivity contribution in [3.05, 3.63) is 71.9 Å². The standard InChI is InChI=1S/C20H18FN5O.C5H10N2O/c1-25-12-15(11-23-25)17-8-7-13-9-18(26(2)19(13)24-17)20(27)22-10-14-5-3-4-6-16(14)21;8-5-7-3-1-6-2-4-7/h3-9,11-12H,10H2,1-2H3,(H,22,27);5-6H,1-4H2. The van der Waals surface area contributed by atoms with E-state index in [4.69, 9.17) is 0 Å². The molecule has 2 N–H and O–H groups in total. The van der Waals surface area contributed by atoms with Gasteiger partial charge in [0.15, 0.2) is 0 Å². The van der Waals surface area contributed by atoms with E-state index in [0.717, 1.165) is 49.2 Å². The molecule has 1 aromatic carbocycles. The number of fused-ring (bicyclic) bond motifs is 1. The summed E-state index contributed by atoms with van der Waals surface area (Å²) in [6.07, 6.45) is 4.54. The molecule has 0 aliphatic carbocycles. The predicted molar refractivity (Wildman–Crippen MR) is 131 cm³/mol. The van der Waals surface area contributed by atoms with Crippen molar-refractivity contribution in [2.45, 2.75) is 6.54 Å². The van der Waals surface area contributed by atoms with E-state index in [9.17, 15) is 14.0 Å². The lowest BCUT2D eigenvalue weighted by atomic mass is 10.2. The summed E-state index contributed by atoms with van der Waals surface area (Å²) >= 11 is 0. The van der Waals surface area contributed by atoms with Crippen LogP contribution < -0.4 is 10.6 Å². The molecule has 1 saturated heterocycles. The first-order valence-electron chi connectivity index (χ1n) is 11.3. The summed E-state index contributed by atoms with van der Waals surface area (Å²) in [6.45, 7) is 3.74. The van der Waals surface area contributed by atoms with Crippen LogP contribution in [0.25, 0.3) is 22.3 Å². The average molecular weight is 478 g/mol. The zero-order valence-electron chi connectivity index (χ0n) is 19.7. The van der Waals surface area contributed by atoms with E-state index in [1.165, 1.54) is 6.07 Å². The molecule has 0 spiro atoms. The van der Waals surface area contributed by atoms with Gasteiger partial charge in [0.2, 0.25) is 6.41 Å². The molecule has 0 atom stereocenters. The van der Waals surface area contributed by atoms with Gasteiger partial charge in [-0.1, -0.05) is 18.2 Å². The fourth-order valence-corrected chi connectivity index (χ4v) is 3.83. The monoisotopic (exact) mass is 477 g/mol. The molecule has 9 nitrogen and oxygen atoms in total. The van der Waals surface area contributed by atoms with Crippen LogP contribution >= 0.6 is 0 Å². The molecule has 35 heavy (non-hydrogen) atoms. The first-order valence-corrected chi connectivity index (χ1v) is 11.3. The van der Waals surface area contributed by atoms with Crippen LogP contribution in [0.1, 0.15) is 16.1 Å². The summed E-state index contributed by atoms with van der Waals surface area (Å²) in [7, 11) is 3.64. The first-order chi connectivity index (χ1) is 17.0. The smallest absolute Gasteiger partial charge is 0.268 e. The number of carbonyl (C=O) groups is 2. The normalized spacial score (nSPS) is 13.3. The van der Waals surface area contributed by atoms with Gasteiger partial charge < -0.3 is 20.1 Å². The van der Waals surface area contributed by atoms with Crippen molar-refractivity contribution >= 4 is 23.4 Å². The van der Waals surface area contributed by atoms with Crippen LogP contribution in [-0.2, 0) is 25.4 Å². The largest absolute Gasteiger partial charge is 0.347 e. The molecule has 2 amide bonds. The lowest BCUT2D eigenvalue weighted by Crippen LogP contribution is -2.42. The highest BCUT2D eigenvalue weighted by Gasteiger charge is 2.15. The molecular weight excluding hydrogens is 449 g/mol. The molecule has 5 rings (SSSR count). The Morgan fingerprint density at radius 3 is 2.60 bits per heavy atom. The zero-order chi connectivity index (χ0) is 24.8. The molecule has 1 aliphatic heterocycles. The van der Waals surface area contributed by atoms with Gasteiger partial charge in [-0.05, 0) is 24.3 Å². The van der Waals surface area contributed by atoms with Crippen molar-refractivity contribution in [2.24, 2.45) is 14.1 Å². The third-order valence-corrected chi connectivity index (χ3v) is 5.81. The molecule has 0 saturated carbocycles. The summed E-state index contributed by atoms with van der Waals surface area (Å²) in [4.78, 5) is 29.1. The summed E-state index contributed by atoms with van der Waals surface area (Å²) < 4.78 is 17.2. The summed E-state index contributed by atoms with van der Waals surface area (Å²) in [5.74, 6) is -0.612. The highest BCUT2D eigenvalue weighted by atomic mass is 19.1. The number of aryl methyl sites for hydroxylation is 2. The van der Waals surface area contributed by atoms with Crippen molar-refractivity contribution in [2.75, 3.05) is 26.2 Å². The number of piperazine rings is 1. The summed E-state index contributed by atoms with van der Waals surface area (Å²) in [5, 5.41) is 10.9. The number of nitrogens with one attached hydrogen (secondary N) is 2. The van der Waals surface area contributed by atoms with Crippen LogP contribution in [0.5, 0.6) is 0 Å². The molecule has 182 valence electrons. The van der Waals surface area contributed by atoms with Crippen molar-refractivity contribution in [3.63, 3.8) is 0 Å². The number of benzene rings is 1. The van der Waals surface area contributed by atoms with Gasteiger partial charge >= 0.3 is 0 Å². The van der Waals surface area contributed by atoms with Crippen LogP contribution in [0.3, 0.4) is 0 Å². The minimum atomic E-state index is -0.336. The second-order valence-electron chi connectivity index (χ2n) is 8.27. The Balaban J connectivity index is 0.000000308. The van der Waals surface area contributed by atoms with Gasteiger partial charge in [-0.2, -0.15) is 5.10 Å².